The molecule has 1 amide bonds. The molecule has 2 bridgehead atoms. The second-order valence-corrected chi connectivity index (χ2v) is 7.91. The van der Waals surface area contributed by atoms with Crippen LogP contribution in [0.2, 0.25) is 0 Å². The molecular weight excluding hydrogens is 336 g/mol. The summed E-state index contributed by atoms with van der Waals surface area (Å²) in [6, 6.07) is 16.3. The summed E-state index contributed by atoms with van der Waals surface area (Å²) in [6.07, 6.45) is 2.06. The van der Waals surface area contributed by atoms with Gasteiger partial charge < -0.3 is 4.74 Å². The molecule has 5 rings (SSSR count). The van der Waals surface area contributed by atoms with Crippen LogP contribution in [0, 0.1) is 19.8 Å². The molecule has 0 spiro atoms. The van der Waals surface area contributed by atoms with Gasteiger partial charge in [-0.3, -0.25) is 9.80 Å². The van der Waals surface area contributed by atoms with E-state index in [2.05, 4.69) is 30.0 Å². The maximum atomic E-state index is 13.2. The molecular formula is C23H28N2O2. The fraction of sp³-hybridized carbons (Fsp3) is 0.435. The maximum absolute atomic E-state index is 13.2. The van der Waals surface area contributed by atoms with Crippen molar-refractivity contribution in [2.45, 2.75) is 39.3 Å². The van der Waals surface area contributed by atoms with E-state index in [1.165, 1.54) is 5.56 Å². The number of hydrogen-bond acceptors (Lipinski definition) is 3. The van der Waals surface area contributed by atoms with E-state index in [0.29, 0.717) is 12.5 Å². The molecule has 3 heterocycles. The Hall–Kier alpha value is -2.33. The number of rotatable bonds is 4. The van der Waals surface area contributed by atoms with Crippen LogP contribution >= 0.6 is 0 Å². The van der Waals surface area contributed by atoms with Crippen LogP contribution in [-0.2, 0) is 11.3 Å². The third kappa shape index (κ3) is 4.01. The Bertz CT molecular complexity index is 812. The van der Waals surface area contributed by atoms with Crippen molar-refractivity contribution >= 4 is 11.8 Å². The van der Waals surface area contributed by atoms with Crippen LogP contribution in [0.3, 0.4) is 0 Å². The highest BCUT2D eigenvalue weighted by atomic mass is 16.6. The Morgan fingerprint density at radius 1 is 1.11 bits per heavy atom. The molecule has 2 aromatic carbocycles. The fourth-order valence-electron chi connectivity index (χ4n) is 4.25. The SMILES string of the molecule is Cc1cccc(N(Cc2ccccc2C)C(=O)OC2CN3CCC2CC3)c1. The molecule has 0 saturated carbocycles. The first kappa shape index (κ1) is 18.1. The molecule has 4 heteroatoms. The first-order valence-corrected chi connectivity index (χ1v) is 9.92. The third-order valence-corrected chi connectivity index (χ3v) is 5.97. The average Bonchev–Trinajstić information content (AvgIpc) is 2.68. The van der Waals surface area contributed by atoms with Crippen molar-refractivity contribution in [3.63, 3.8) is 0 Å². The number of aryl methyl sites for hydroxylation is 2. The van der Waals surface area contributed by atoms with E-state index in [1.807, 2.05) is 37.3 Å². The molecule has 1 atom stereocenters. The quantitative estimate of drug-likeness (QED) is 0.798. The van der Waals surface area contributed by atoms with Crippen molar-refractivity contribution in [2.75, 3.05) is 24.5 Å². The average molecular weight is 364 g/mol. The number of benzene rings is 2. The van der Waals surface area contributed by atoms with Crippen molar-refractivity contribution in [1.82, 2.24) is 4.90 Å². The number of hydrogen-bond donors (Lipinski definition) is 0. The van der Waals surface area contributed by atoms with Crippen LogP contribution in [0.15, 0.2) is 48.5 Å². The Morgan fingerprint density at radius 3 is 2.56 bits per heavy atom. The zero-order valence-electron chi connectivity index (χ0n) is 16.2. The number of carbonyl (C=O) groups is 1. The summed E-state index contributed by atoms with van der Waals surface area (Å²) in [4.78, 5) is 17.4. The molecule has 0 radical (unpaired) electrons. The highest BCUT2D eigenvalue weighted by Crippen LogP contribution is 2.31. The van der Waals surface area contributed by atoms with E-state index in [1.54, 1.807) is 4.90 Å². The Morgan fingerprint density at radius 2 is 1.89 bits per heavy atom. The van der Waals surface area contributed by atoms with E-state index < -0.39 is 0 Å². The van der Waals surface area contributed by atoms with Gasteiger partial charge in [0, 0.05) is 12.2 Å². The molecule has 3 aliphatic heterocycles. The lowest BCUT2D eigenvalue weighted by Crippen LogP contribution is -2.53. The zero-order valence-corrected chi connectivity index (χ0v) is 16.2. The predicted molar refractivity (Wildman–Crippen MR) is 108 cm³/mol. The monoisotopic (exact) mass is 364 g/mol. The number of carbonyl (C=O) groups excluding carboxylic acids is 1. The van der Waals surface area contributed by atoms with E-state index >= 15 is 0 Å². The molecule has 1 unspecified atom stereocenters. The van der Waals surface area contributed by atoms with Gasteiger partial charge in [0.15, 0.2) is 0 Å². The minimum Gasteiger partial charge on any atom is -0.444 e. The summed E-state index contributed by atoms with van der Waals surface area (Å²) in [5.41, 5.74) is 4.36. The zero-order chi connectivity index (χ0) is 18.8. The molecule has 0 aliphatic carbocycles. The van der Waals surface area contributed by atoms with Gasteiger partial charge in [0.05, 0.1) is 6.54 Å². The van der Waals surface area contributed by atoms with Gasteiger partial charge in [-0.2, -0.15) is 0 Å². The lowest BCUT2D eigenvalue weighted by Gasteiger charge is -2.44. The summed E-state index contributed by atoms with van der Waals surface area (Å²) in [6.45, 7) is 7.82. The number of anilines is 1. The Balaban J connectivity index is 1.57. The van der Waals surface area contributed by atoms with Crippen LogP contribution < -0.4 is 4.90 Å². The fourth-order valence-corrected chi connectivity index (χ4v) is 4.25. The minimum absolute atomic E-state index is 0.0178. The number of piperidine rings is 3. The number of fused-ring (bicyclic) bond motifs is 3. The van der Waals surface area contributed by atoms with Crippen molar-refractivity contribution in [3.8, 4) is 0 Å². The largest absolute Gasteiger partial charge is 0.444 e. The summed E-state index contributed by atoms with van der Waals surface area (Å²) in [7, 11) is 0. The van der Waals surface area contributed by atoms with Gasteiger partial charge in [0.1, 0.15) is 6.10 Å². The molecule has 0 N–H and O–H groups in total. The predicted octanol–water partition coefficient (Wildman–Crippen LogP) is 4.54. The summed E-state index contributed by atoms with van der Waals surface area (Å²) in [5, 5.41) is 0. The van der Waals surface area contributed by atoms with Crippen LogP contribution in [0.25, 0.3) is 0 Å². The van der Waals surface area contributed by atoms with Gasteiger partial charge in [-0.15, -0.1) is 0 Å². The van der Waals surface area contributed by atoms with Gasteiger partial charge in [0.2, 0.25) is 0 Å². The second-order valence-electron chi connectivity index (χ2n) is 7.91. The lowest BCUT2D eigenvalue weighted by molar-refractivity contribution is -0.0311. The van der Waals surface area contributed by atoms with Gasteiger partial charge in [-0.25, -0.2) is 4.79 Å². The van der Waals surface area contributed by atoms with Gasteiger partial charge in [0.25, 0.3) is 0 Å². The minimum atomic E-state index is -0.234. The second kappa shape index (κ2) is 7.73. The number of ether oxygens (including phenoxy) is 1. The molecule has 4 nitrogen and oxygen atoms in total. The van der Waals surface area contributed by atoms with Gasteiger partial charge in [-0.1, -0.05) is 36.4 Å². The van der Waals surface area contributed by atoms with Gasteiger partial charge >= 0.3 is 6.09 Å². The van der Waals surface area contributed by atoms with E-state index in [9.17, 15) is 4.79 Å². The Labute approximate surface area is 161 Å². The highest BCUT2D eigenvalue weighted by Gasteiger charge is 2.37. The molecule has 3 fully saturated rings. The maximum Gasteiger partial charge on any atom is 0.414 e. The third-order valence-electron chi connectivity index (χ3n) is 5.97. The summed E-state index contributed by atoms with van der Waals surface area (Å²) < 4.78 is 6.04. The lowest BCUT2D eigenvalue weighted by atomic mass is 9.86. The standard InChI is InChI=1S/C23H28N2O2/c1-17-6-5-9-21(14-17)25(15-20-8-4-3-7-18(20)2)23(26)27-22-16-24-12-10-19(22)11-13-24/h3-9,14,19,22H,10-13,15-16H2,1-2H3. The highest BCUT2D eigenvalue weighted by molar-refractivity contribution is 5.87. The normalized spacial score (nSPS) is 23.9. The number of amides is 1. The first-order chi connectivity index (χ1) is 13.1. The van der Waals surface area contributed by atoms with E-state index in [-0.39, 0.29) is 12.2 Å². The summed E-state index contributed by atoms with van der Waals surface area (Å²) in [5.74, 6) is 0.511. The Kier molecular flexibility index (Phi) is 5.17. The van der Waals surface area contributed by atoms with Crippen LogP contribution in [0.4, 0.5) is 10.5 Å². The van der Waals surface area contributed by atoms with Crippen molar-refractivity contribution in [3.05, 3.63) is 65.2 Å². The molecule has 3 aliphatic rings. The van der Waals surface area contributed by atoms with Crippen molar-refractivity contribution in [1.29, 1.82) is 0 Å². The van der Waals surface area contributed by atoms with Crippen molar-refractivity contribution < 1.29 is 9.53 Å². The number of nitrogens with zero attached hydrogens (tertiary/aromatic N) is 2. The topological polar surface area (TPSA) is 32.8 Å². The van der Waals surface area contributed by atoms with Crippen LogP contribution in [0.5, 0.6) is 0 Å². The summed E-state index contributed by atoms with van der Waals surface area (Å²) >= 11 is 0. The molecule has 142 valence electrons. The van der Waals surface area contributed by atoms with E-state index in [0.717, 1.165) is 49.3 Å². The van der Waals surface area contributed by atoms with Crippen LogP contribution in [-0.4, -0.2) is 36.7 Å². The van der Waals surface area contributed by atoms with Gasteiger partial charge in [-0.05, 0) is 74.5 Å². The van der Waals surface area contributed by atoms with Crippen LogP contribution in [0.1, 0.15) is 29.5 Å². The first-order valence-electron chi connectivity index (χ1n) is 9.92. The molecule has 3 saturated heterocycles. The smallest absolute Gasteiger partial charge is 0.414 e. The molecule has 27 heavy (non-hydrogen) atoms. The molecule has 2 aromatic rings. The molecule has 0 aromatic heterocycles. The van der Waals surface area contributed by atoms with E-state index in [4.69, 9.17) is 4.74 Å². The van der Waals surface area contributed by atoms with Crippen molar-refractivity contribution in [2.24, 2.45) is 5.92 Å².